The fourth-order valence-electron chi connectivity index (χ4n) is 2.42. The quantitative estimate of drug-likeness (QED) is 0.523. The Kier molecular flexibility index (Phi) is 3.12. The predicted molar refractivity (Wildman–Crippen MR) is 72.7 cm³/mol. The molecule has 0 N–H and O–H groups in total. The summed E-state index contributed by atoms with van der Waals surface area (Å²) >= 11 is 0. The summed E-state index contributed by atoms with van der Waals surface area (Å²) in [5.41, 5.74) is 0.605. The molecule has 0 bridgehead atoms. The number of alkyl halides is 3. The molecule has 0 aliphatic heterocycles. The maximum absolute atomic E-state index is 12.4. The second-order valence-corrected chi connectivity index (χ2v) is 4.78. The molecule has 0 saturated heterocycles. The van der Waals surface area contributed by atoms with Gasteiger partial charge in [0.1, 0.15) is 0 Å². The van der Waals surface area contributed by atoms with Crippen molar-refractivity contribution >= 4 is 27.5 Å². The molecule has 0 saturated carbocycles. The van der Waals surface area contributed by atoms with Gasteiger partial charge in [-0.15, -0.1) is 0 Å². The van der Waals surface area contributed by atoms with E-state index in [0.717, 1.165) is 16.2 Å². The van der Waals surface area contributed by atoms with Gasteiger partial charge in [0.15, 0.2) is 6.20 Å². The number of hydrogen-bond acceptors (Lipinski definition) is 1. The van der Waals surface area contributed by atoms with Gasteiger partial charge in [-0.1, -0.05) is 24.3 Å². The summed E-state index contributed by atoms with van der Waals surface area (Å²) in [4.78, 5) is 11.2. The van der Waals surface area contributed by atoms with Gasteiger partial charge in [0.25, 0.3) is 0 Å². The number of halogens is 3. The first-order valence-corrected chi connectivity index (χ1v) is 6.37. The minimum atomic E-state index is -4.81. The molecule has 3 aromatic rings. The molecule has 5 heteroatoms. The number of ketones is 1. The Morgan fingerprint density at radius 3 is 2.43 bits per heavy atom. The number of fused-ring (bicyclic) bond motifs is 3. The lowest BCUT2D eigenvalue weighted by molar-refractivity contribution is -0.659. The summed E-state index contributed by atoms with van der Waals surface area (Å²) in [6.07, 6.45) is -3.33. The largest absolute Gasteiger partial charge is 0.456 e. The van der Waals surface area contributed by atoms with Crippen LogP contribution in [-0.4, -0.2) is 12.0 Å². The van der Waals surface area contributed by atoms with Crippen LogP contribution in [0.2, 0.25) is 0 Å². The molecule has 21 heavy (non-hydrogen) atoms. The van der Waals surface area contributed by atoms with Crippen molar-refractivity contribution in [3.63, 3.8) is 0 Å². The van der Waals surface area contributed by atoms with Gasteiger partial charge in [0.2, 0.25) is 12.1 Å². The third kappa shape index (κ3) is 2.46. The van der Waals surface area contributed by atoms with Crippen LogP contribution in [-0.2, 0) is 11.3 Å². The molecule has 1 heterocycles. The summed E-state index contributed by atoms with van der Waals surface area (Å²) in [7, 11) is 0. The van der Waals surface area contributed by atoms with Crippen molar-refractivity contribution < 1.29 is 22.5 Å². The van der Waals surface area contributed by atoms with E-state index in [1.807, 2.05) is 36.4 Å². The minimum Gasteiger partial charge on any atom is -0.282 e. The average molecular weight is 290 g/mol. The standard InChI is InChI=1S/C16H11F3NO/c17-16(18,19)15(21)10-20-9-3-6-13-12-5-2-1-4-11(12)7-8-14(13)20/h1-9H,10H2/q+1. The third-order valence-electron chi connectivity index (χ3n) is 3.42. The Labute approximate surface area is 118 Å². The highest BCUT2D eigenvalue weighted by molar-refractivity contribution is 6.05. The molecular weight excluding hydrogens is 279 g/mol. The fourth-order valence-corrected chi connectivity index (χ4v) is 2.42. The predicted octanol–water partition coefficient (Wildman–Crippen LogP) is 3.41. The maximum Gasteiger partial charge on any atom is 0.456 e. The number of carbonyl (C=O) groups is 1. The lowest BCUT2D eigenvalue weighted by atomic mass is 10.1. The molecule has 0 aliphatic carbocycles. The van der Waals surface area contributed by atoms with E-state index in [4.69, 9.17) is 0 Å². The molecule has 0 fully saturated rings. The smallest absolute Gasteiger partial charge is 0.282 e. The zero-order chi connectivity index (χ0) is 15.0. The van der Waals surface area contributed by atoms with Crippen molar-refractivity contribution in [2.75, 3.05) is 0 Å². The molecule has 3 rings (SSSR count). The van der Waals surface area contributed by atoms with E-state index in [2.05, 4.69) is 0 Å². The Hall–Kier alpha value is -2.43. The Balaban J connectivity index is 2.17. The van der Waals surface area contributed by atoms with Crippen LogP contribution in [0.5, 0.6) is 0 Å². The van der Waals surface area contributed by atoms with Crippen LogP contribution in [0, 0.1) is 0 Å². The Morgan fingerprint density at radius 1 is 0.952 bits per heavy atom. The van der Waals surface area contributed by atoms with Crippen molar-refractivity contribution in [2.45, 2.75) is 12.7 Å². The van der Waals surface area contributed by atoms with Gasteiger partial charge in [0.05, 0.1) is 5.39 Å². The van der Waals surface area contributed by atoms with E-state index < -0.39 is 18.5 Å². The Morgan fingerprint density at radius 2 is 1.67 bits per heavy atom. The highest BCUT2D eigenvalue weighted by Crippen LogP contribution is 2.23. The normalized spacial score (nSPS) is 12.0. The lowest BCUT2D eigenvalue weighted by Crippen LogP contribution is -2.43. The number of aromatic nitrogens is 1. The summed E-state index contributed by atoms with van der Waals surface area (Å²) in [5.74, 6) is -1.76. The lowest BCUT2D eigenvalue weighted by Gasteiger charge is -2.05. The zero-order valence-electron chi connectivity index (χ0n) is 10.9. The number of hydrogen-bond donors (Lipinski definition) is 0. The van der Waals surface area contributed by atoms with Gasteiger partial charge in [-0.2, -0.15) is 17.7 Å². The van der Waals surface area contributed by atoms with Crippen LogP contribution in [0.4, 0.5) is 13.2 Å². The van der Waals surface area contributed by atoms with Crippen molar-refractivity contribution in [1.29, 1.82) is 0 Å². The summed E-state index contributed by atoms with van der Waals surface area (Å²) in [5, 5.41) is 2.78. The first-order chi connectivity index (χ1) is 9.97. The Bertz CT molecular complexity index is 840. The van der Waals surface area contributed by atoms with Crippen LogP contribution in [0.25, 0.3) is 21.7 Å². The SMILES string of the molecule is O=C(C[n+]1cccc2c3ccccc3ccc21)C(F)(F)F. The van der Waals surface area contributed by atoms with Gasteiger partial charge in [-0.25, -0.2) is 0 Å². The number of pyridine rings is 1. The van der Waals surface area contributed by atoms with E-state index >= 15 is 0 Å². The van der Waals surface area contributed by atoms with Gasteiger partial charge in [0, 0.05) is 12.1 Å². The molecule has 1 aromatic heterocycles. The first-order valence-electron chi connectivity index (χ1n) is 6.37. The van der Waals surface area contributed by atoms with Gasteiger partial charge >= 0.3 is 12.0 Å². The van der Waals surface area contributed by atoms with Crippen LogP contribution < -0.4 is 4.57 Å². The second-order valence-electron chi connectivity index (χ2n) is 4.78. The van der Waals surface area contributed by atoms with E-state index in [1.54, 1.807) is 12.1 Å². The highest BCUT2D eigenvalue weighted by atomic mass is 19.4. The van der Waals surface area contributed by atoms with Gasteiger partial charge in [-0.05, 0) is 22.9 Å². The van der Waals surface area contributed by atoms with Crippen LogP contribution in [0.3, 0.4) is 0 Å². The van der Waals surface area contributed by atoms with Crippen LogP contribution >= 0.6 is 0 Å². The molecule has 0 amide bonds. The van der Waals surface area contributed by atoms with E-state index in [-0.39, 0.29) is 0 Å². The van der Waals surface area contributed by atoms with Gasteiger partial charge < -0.3 is 0 Å². The molecular formula is C16H11F3NO+. The van der Waals surface area contributed by atoms with Crippen LogP contribution in [0.15, 0.2) is 54.7 Å². The molecule has 0 unspecified atom stereocenters. The van der Waals surface area contributed by atoms with E-state index in [9.17, 15) is 18.0 Å². The number of rotatable bonds is 2. The number of nitrogens with zero attached hydrogens (tertiary/aromatic N) is 1. The number of Topliss-reactive ketones (excluding diaryl/α,β-unsaturated/α-hetero) is 1. The molecule has 106 valence electrons. The first kappa shape index (κ1) is 13.5. The van der Waals surface area contributed by atoms with Crippen LogP contribution in [0.1, 0.15) is 0 Å². The number of carbonyl (C=O) groups excluding carboxylic acids is 1. The second kappa shape index (κ2) is 4.84. The highest BCUT2D eigenvalue weighted by Gasteiger charge is 2.41. The summed E-state index contributed by atoms with van der Waals surface area (Å²) in [6, 6.07) is 14.7. The number of benzene rings is 2. The molecule has 2 nitrogen and oxygen atoms in total. The van der Waals surface area contributed by atoms with E-state index in [1.165, 1.54) is 10.8 Å². The minimum absolute atomic E-state index is 0.605. The maximum atomic E-state index is 12.4. The van der Waals surface area contributed by atoms with Crippen molar-refractivity contribution in [3.05, 3.63) is 54.7 Å². The molecule has 0 aliphatic rings. The fraction of sp³-hybridized carbons (Fsp3) is 0.125. The molecule has 0 spiro atoms. The molecule has 0 radical (unpaired) electrons. The summed E-state index contributed by atoms with van der Waals surface area (Å²) < 4.78 is 38.6. The third-order valence-corrected chi connectivity index (χ3v) is 3.42. The van der Waals surface area contributed by atoms with Crippen molar-refractivity contribution in [3.8, 4) is 0 Å². The topological polar surface area (TPSA) is 20.9 Å². The van der Waals surface area contributed by atoms with E-state index in [0.29, 0.717) is 5.52 Å². The van der Waals surface area contributed by atoms with Crippen molar-refractivity contribution in [2.24, 2.45) is 0 Å². The monoisotopic (exact) mass is 290 g/mol. The average Bonchev–Trinajstić information content (AvgIpc) is 2.46. The zero-order valence-corrected chi connectivity index (χ0v) is 10.9. The molecule has 0 atom stereocenters. The van der Waals surface area contributed by atoms with Gasteiger partial charge in [-0.3, -0.25) is 4.79 Å². The summed E-state index contributed by atoms with van der Waals surface area (Å²) in [6.45, 7) is -0.709. The van der Waals surface area contributed by atoms with Crippen molar-refractivity contribution in [1.82, 2.24) is 0 Å². The molecule has 2 aromatic carbocycles.